The standard InChI is InChI=1S/C28H38O6/c1-4-6-7-8-9-10-20-32-25-15-11-24(12-16-25)28(30)34-26-17-13-23(14-18-26)27(29)33-22(3)21-31-19-5-2/h11-18,22H,4-10,19-21H2,1-3H3/t22-/m0/s1. The summed E-state index contributed by atoms with van der Waals surface area (Å²) in [5.41, 5.74) is 0.810. The Morgan fingerprint density at radius 1 is 0.706 bits per heavy atom. The van der Waals surface area contributed by atoms with Crippen LogP contribution in [0.1, 0.15) is 86.4 Å². The van der Waals surface area contributed by atoms with Crippen molar-refractivity contribution >= 4 is 11.9 Å². The molecule has 2 aromatic rings. The lowest BCUT2D eigenvalue weighted by molar-refractivity contribution is 0.00226. The molecule has 0 amide bonds. The minimum absolute atomic E-state index is 0.339. The van der Waals surface area contributed by atoms with Gasteiger partial charge in [-0.25, -0.2) is 9.59 Å². The first-order valence-electron chi connectivity index (χ1n) is 12.4. The number of esters is 2. The second-order valence-electron chi connectivity index (χ2n) is 8.35. The van der Waals surface area contributed by atoms with Gasteiger partial charge in [-0.1, -0.05) is 46.0 Å². The normalized spacial score (nSPS) is 11.6. The van der Waals surface area contributed by atoms with E-state index in [1.54, 1.807) is 55.5 Å². The monoisotopic (exact) mass is 470 g/mol. The molecule has 0 aliphatic carbocycles. The molecule has 0 saturated heterocycles. The third-order valence-electron chi connectivity index (χ3n) is 5.17. The molecule has 2 aromatic carbocycles. The molecule has 2 rings (SSSR count). The molecule has 0 N–H and O–H groups in total. The first-order valence-corrected chi connectivity index (χ1v) is 12.4. The second-order valence-corrected chi connectivity index (χ2v) is 8.35. The number of rotatable bonds is 16. The zero-order valence-corrected chi connectivity index (χ0v) is 20.7. The average molecular weight is 471 g/mol. The minimum atomic E-state index is -0.473. The summed E-state index contributed by atoms with van der Waals surface area (Å²) in [5.74, 6) is 0.174. The van der Waals surface area contributed by atoms with Gasteiger partial charge in [0, 0.05) is 6.61 Å². The number of ether oxygens (including phenoxy) is 4. The predicted octanol–water partition coefficient (Wildman–Crippen LogP) is 6.62. The van der Waals surface area contributed by atoms with E-state index in [2.05, 4.69) is 6.92 Å². The number of carbonyl (C=O) groups excluding carboxylic acids is 2. The number of hydrogen-bond donors (Lipinski definition) is 0. The third-order valence-corrected chi connectivity index (χ3v) is 5.17. The van der Waals surface area contributed by atoms with Crippen molar-refractivity contribution < 1.29 is 28.5 Å². The van der Waals surface area contributed by atoms with Crippen LogP contribution in [0.25, 0.3) is 0 Å². The van der Waals surface area contributed by atoms with Crippen LogP contribution < -0.4 is 9.47 Å². The third kappa shape index (κ3) is 10.4. The van der Waals surface area contributed by atoms with E-state index in [0.29, 0.717) is 36.7 Å². The van der Waals surface area contributed by atoms with Crippen molar-refractivity contribution in [1.82, 2.24) is 0 Å². The van der Waals surface area contributed by atoms with Crippen LogP contribution in [-0.4, -0.2) is 37.9 Å². The van der Waals surface area contributed by atoms with Gasteiger partial charge in [0.25, 0.3) is 0 Å². The maximum Gasteiger partial charge on any atom is 0.343 e. The van der Waals surface area contributed by atoms with Crippen molar-refractivity contribution in [3.63, 3.8) is 0 Å². The van der Waals surface area contributed by atoms with Crippen LogP contribution in [0.5, 0.6) is 11.5 Å². The summed E-state index contributed by atoms with van der Waals surface area (Å²) in [6, 6.07) is 13.2. The van der Waals surface area contributed by atoms with Crippen molar-refractivity contribution in [2.45, 2.75) is 71.8 Å². The number of carbonyl (C=O) groups is 2. The Bertz CT molecular complexity index is 844. The number of unbranched alkanes of at least 4 members (excludes halogenated alkanes) is 5. The second kappa shape index (κ2) is 15.9. The maximum absolute atomic E-state index is 12.4. The zero-order chi connectivity index (χ0) is 24.6. The smallest absolute Gasteiger partial charge is 0.343 e. The van der Waals surface area contributed by atoms with E-state index >= 15 is 0 Å². The van der Waals surface area contributed by atoms with Gasteiger partial charge in [-0.05, 0) is 68.3 Å². The molecule has 0 heterocycles. The summed E-state index contributed by atoms with van der Waals surface area (Å²) in [6.45, 7) is 7.69. The number of benzene rings is 2. The van der Waals surface area contributed by atoms with Gasteiger partial charge in [0.2, 0.25) is 0 Å². The fourth-order valence-corrected chi connectivity index (χ4v) is 3.26. The zero-order valence-electron chi connectivity index (χ0n) is 20.7. The lowest BCUT2D eigenvalue weighted by atomic mass is 10.1. The number of hydrogen-bond acceptors (Lipinski definition) is 6. The van der Waals surface area contributed by atoms with E-state index < -0.39 is 11.9 Å². The Labute approximate surface area is 203 Å². The van der Waals surface area contributed by atoms with E-state index in [0.717, 1.165) is 18.6 Å². The van der Waals surface area contributed by atoms with Gasteiger partial charge in [0.05, 0.1) is 24.3 Å². The molecule has 0 spiro atoms. The fraction of sp³-hybridized carbons (Fsp3) is 0.500. The van der Waals surface area contributed by atoms with Crippen LogP contribution in [0.2, 0.25) is 0 Å². The lowest BCUT2D eigenvalue weighted by Gasteiger charge is -2.13. The van der Waals surface area contributed by atoms with Crippen LogP contribution in [0.15, 0.2) is 48.5 Å². The predicted molar refractivity (Wildman–Crippen MR) is 133 cm³/mol. The summed E-state index contributed by atoms with van der Waals surface area (Å²) in [7, 11) is 0. The summed E-state index contributed by atoms with van der Waals surface area (Å²) < 4.78 is 21.9. The Morgan fingerprint density at radius 2 is 1.29 bits per heavy atom. The molecule has 6 nitrogen and oxygen atoms in total. The first-order chi connectivity index (χ1) is 16.5. The van der Waals surface area contributed by atoms with E-state index in [1.165, 1.54) is 32.1 Å². The topological polar surface area (TPSA) is 71.1 Å². The fourth-order valence-electron chi connectivity index (χ4n) is 3.26. The van der Waals surface area contributed by atoms with Gasteiger partial charge in [-0.15, -0.1) is 0 Å². The molecule has 0 unspecified atom stereocenters. The molecule has 186 valence electrons. The van der Waals surface area contributed by atoms with Crippen LogP contribution in [0.4, 0.5) is 0 Å². The molecule has 0 aliphatic rings. The molecule has 0 bridgehead atoms. The SMILES string of the molecule is CCCCCCCCOc1ccc(C(=O)Oc2ccc(C(=O)O[C@@H](C)COCCC)cc2)cc1. The van der Waals surface area contributed by atoms with E-state index in [4.69, 9.17) is 18.9 Å². The molecule has 1 atom stereocenters. The van der Waals surface area contributed by atoms with Gasteiger partial charge in [-0.3, -0.25) is 0 Å². The first kappa shape index (κ1) is 27.4. The van der Waals surface area contributed by atoms with E-state index in [9.17, 15) is 9.59 Å². The Kier molecular flexibility index (Phi) is 12.8. The van der Waals surface area contributed by atoms with Crippen molar-refractivity contribution in [1.29, 1.82) is 0 Å². The summed E-state index contributed by atoms with van der Waals surface area (Å²) >= 11 is 0. The van der Waals surface area contributed by atoms with Crippen molar-refractivity contribution in [2.24, 2.45) is 0 Å². The molecular formula is C28H38O6. The van der Waals surface area contributed by atoms with Crippen molar-refractivity contribution in [2.75, 3.05) is 19.8 Å². The van der Waals surface area contributed by atoms with Gasteiger partial charge in [-0.2, -0.15) is 0 Å². The van der Waals surface area contributed by atoms with E-state index in [1.807, 2.05) is 6.92 Å². The van der Waals surface area contributed by atoms with Crippen LogP contribution in [0.3, 0.4) is 0 Å². The molecule has 0 saturated carbocycles. The Balaban J connectivity index is 1.76. The summed E-state index contributed by atoms with van der Waals surface area (Å²) in [5, 5.41) is 0. The highest BCUT2D eigenvalue weighted by atomic mass is 16.6. The summed E-state index contributed by atoms with van der Waals surface area (Å²) in [4.78, 5) is 24.7. The minimum Gasteiger partial charge on any atom is -0.494 e. The van der Waals surface area contributed by atoms with Gasteiger partial charge < -0.3 is 18.9 Å². The molecule has 6 heteroatoms. The maximum atomic E-state index is 12.4. The molecule has 0 radical (unpaired) electrons. The van der Waals surface area contributed by atoms with Gasteiger partial charge >= 0.3 is 11.9 Å². The highest BCUT2D eigenvalue weighted by Gasteiger charge is 2.14. The molecule has 0 aromatic heterocycles. The molecule has 0 aliphatic heterocycles. The van der Waals surface area contributed by atoms with Crippen molar-refractivity contribution in [3.05, 3.63) is 59.7 Å². The average Bonchev–Trinajstić information content (AvgIpc) is 2.84. The van der Waals surface area contributed by atoms with Gasteiger partial charge in [0.15, 0.2) is 0 Å². The highest BCUT2D eigenvalue weighted by Crippen LogP contribution is 2.18. The molecule has 34 heavy (non-hydrogen) atoms. The Hall–Kier alpha value is -2.86. The quantitative estimate of drug-likeness (QED) is 0.156. The van der Waals surface area contributed by atoms with Crippen LogP contribution >= 0.6 is 0 Å². The largest absolute Gasteiger partial charge is 0.494 e. The molecular weight excluding hydrogens is 432 g/mol. The highest BCUT2D eigenvalue weighted by molar-refractivity contribution is 5.92. The molecule has 0 fully saturated rings. The van der Waals surface area contributed by atoms with Gasteiger partial charge in [0.1, 0.15) is 17.6 Å². The van der Waals surface area contributed by atoms with E-state index in [-0.39, 0.29) is 6.10 Å². The summed E-state index contributed by atoms with van der Waals surface area (Å²) in [6.07, 6.45) is 7.86. The Morgan fingerprint density at radius 3 is 1.94 bits per heavy atom. The van der Waals surface area contributed by atoms with Crippen molar-refractivity contribution in [3.8, 4) is 11.5 Å². The van der Waals surface area contributed by atoms with Crippen LogP contribution in [0, 0.1) is 0 Å². The lowest BCUT2D eigenvalue weighted by Crippen LogP contribution is -2.20. The van der Waals surface area contributed by atoms with Crippen LogP contribution in [-0.2, 0) is 9.47 Å².